The molecule has 3 aliphatic rings. The normalized spacial score (nSPS) is 29.2. The van der Waals surface area contributed by atoms with E-state index in [2.05, 4.69) is 0 Å². The number of hydrogen-bond acceptors (Lipinski definition) is 8. The summed E-state index contributed by atoms with van der Waals surface area (Å²) in [5, 5.41) is 0.246. The first-order valence-electron chi connectivity index (χ1n) is 11.4. The summed E-state index contributed by atoms with van der Waals surface area (Å²) in [7, 11) is -16.8. The zero-order valence-electron chi connectivity index (χ0n) is 20.2. The van der Waals surface area contributed by atoms with E-state index in [4.69, 9.17) is 23.2 Å². The average molecular weight is 644 g/mol. The van der Waals surface area contributed by atoms with Gasteiger partial charge in [0.25, 0.3) is 0 Å². The van der Waals surface area contributed by atoms with E-state index in [9.17, 15) is 33.7 Å². The number of rotatable bonds is 4. The third-order valence-corrected chi connectivity index (χ3v) is 15.4. The first kappa shape index (κ1) is 28.3. The molecule has 2 aromatic carbocycles. The maximum atomic E-state index is 14.1. The summed E-state index contributed by atoms with van der Waals surface area (Å²) in [4.78, 5) is -0.392. The van der Waals surface area contributed by atoms with Gasteiger partial charge >= 0.3 is 0 Å². The molecule has 3 saturated heterocycles. The quantitative estimate of drug-likeness (QED) is 0.490. The summed E-state index contributed by atoms with van der Waals surface area (Å²) in [5.41, 5.74) is 0.655. The molecule has 0 radical (unpaired) electrons. The van der Waals surface area contributed by atoms with Gasteiger partial charge in [-0.2, -0.15) is 8.61 Å². The van der Waals surface area contributed by atoms with E-state index < -0.39 is 86.9 Å². The molecule has 3 aliphatic heterocycles. The molecule has 38 heavy (non-hydrogen) atoms. The second kappa shape index (κ2) is 9.13. The van der Waals surface area contributed by atoms with Crippen LogP contribution in [0.2, 0.25) is 10.0 Å². The van der Waals surface area contributed by atoms with Crippen molar-refractivity contribution < 1.29 is 33.7 Å². The molecule has 0 bridgehead atoms. The third kappa shape index (κ3) is 4.60. The Kier molecular flexibility index (Phi) is 6.79. The van der Waals surface area contributed by atoms with Crippen LogP contribution in [-0.2, 0) is 39.7 Å². The predicted octanol–water partition coefficient (Wildman–Crippen LogP) is 1.64. The highest BCUT2D eigenvalue weighted by atomic mass is 35.5. The van der Waals surface area contributed by atoms with E-state index in [1.807, 2.05) is 0 Å². The number of fused-ring (bicyclic) bond motifs is 2. The number of sulfone groups is 2. The highest BCUT2D eigenvalue weighted by Gasteiger charge is 2.63. The van der Waals surface area contributed by atoms with Crippen LogP contribution >= 0.6 is 23.2 Å². The summed E-state index contributed by atoms with van der Waals surface area (Å²) in [6.07, 6.45) is 0. The lowest BCUT2D eigenvalue weighted by molar-refractivity contribution is 0.0841. The number of hydrogen-bond donors (Lipinski definition) is 0. The molecule has 0 aliphatic carbocycles. The van der Waals surface area contributed by atoms with Gasteiger partial charge in [0.2, 0.25) is 20.0 Å². The topological polar surface area (TPSA) is 143 Å². The van der Waals surface area contributed by atoms with E-state index in [-0.39, 0.29) is 19.8 Å². The van der Waals surface area contributed by atoms with Crippen LogP contribution in [0, 0.1) is 13.8 Å². The van der Waals surface area contributed by atoms with Gasteiger partial charge in [0.05, 0.1) is 57.0 Å². The monoisotopic (exact) mass is 642 g/mol. The maximum absolute atomic E-state index is 14.1. The second-order valence-corrected chi connectivity index (χ2v) is 18.7. The highest BCUT2D eigenvalue weighted by molar-refractivity contribution is 7.93. The molecule has 5 rings (SSSR count). The van der Waals surface area contributed by atoms with Crippen LogP contribution in [0.15, 0.2) is 46.2 Å². The fourth-order valence-corrected chi connectivity index (χ4v) is 14.7. The van der Waals surface area contributed by atoms with Crippen molar-refractivity contribution >= 4 is 62.9 Å². The number of sulfonamides is 2. The van der Waals surface area contributed by atoms with Gasteiger partial charge in [-0.3, -0.25) is 0 Å². The molecule has 4 atom stereocenters. The Morgan fingerprint density at radius 3 is 1.21 bits per heavy atom. The largest absolute Gasteiger partial charge is 0.244 e. The van der Waals surface area contributed by atoms with Crippen LogP contribution in [0.4, 0.5) is 0 Å². The van der Waals surface area contributed by atoms with Crippen molar-refractivity contribution in [3.05, 3.63) is 57.6 Å². The molecular formula is C22H24Cl2N2O8S4. The van der Waals surface area contributed by atoms with Crippen molar-refractivity contribution in [3.8, 4) is 0 Å². The Labute approximate surface area is 232 Å². The minimum Gasteiger partial charge on any atom is -0.229 e. The van der Waals surface area contributed by atoms with Gasteiger partial charge in [-0.1, -0.05) is 35.3 Å². The highest BCUT2D eigenvalue weighted by Crippen LogP contribution is 2.44. The van der Waals surface area contributed by atoms with E-state index >= 15 is 0 Å². The number of halogens is 2. The lowest BCUT2D eigenvalue weighted by Gasteiger charge is -2.49. The minimum absolute atomic E-state index is 0.123. The van der Waals surface area contributed by atoms with Crippen molar-refractivity contribution in [3.63, 3.8) is 0 Å². The number of nitrogens with zero attached hydrogens (tertiary/aromatic N) is 2. The van der Waals surface area contributed by atoms with Crippen molar-refractivity contribution in [2.75, 3.05) is 23.0 Å². The van der Waals surface area contributed by atoms with E-state index in [1.54, 1.807) is 0 Å². The molecule has 0 unspecified atom stereocenters. The van der Waals surface area contributed by atoms with E-state index in [0.29, 0.717) is 11.1 Å². The Bertz CT molecular complexity index is 1610. The van der Waals surface area contributed by atoms with Gasteiger partial charge in [0.15, 0.2) is 19.7 Å². The molecular weight excluding hydrogens is 619 g/mol. The number of piperazine rings is 1. The Morgan fingerprint density at radius 2 is 0.921 bits per heavy atom. The van der Waals surface area contributed by atoms with Crippen molar-refractivity contribution in [2.24, 2.45) is 0 Å². The Morgan fingerprint density at radius 1 is 0.632 bits per heavy atom. The fraction of sp³-hybridized carbons (Fsp3) is 0.455. The zero-order chi connectivity index (χ0) is 28.0. The van der Waals surface area contributed by atoms with Gasteiger partial charge < -0.3 is 0 Å². The average Bonchev–Trinajstić information content (AvgIpc) is 3.26. The van der Waals surface area contributed by atoms with Crippen LogP contribution in [0.5, 0.6) is 0 Å². The van der Waals surface area contributed by atoms with Crippen molar-refractivity contribution in [1.82, 2.24) is 8.61 Å². The summed E-state index contributed by atoms with van der Waals surface area (Å²) in [5.74, 6) is -2.61. The SMILES string of the molecule is Cc1ccc(Cl)cc1S(=O)(=O)N1[C@@H]2CS(=O)(=O)C[C@@H]2N(S(=O)(=O)c2cc(Cl)ccc2C)[C@H]2CS(=O)(=O)C[C@H]21. The molecule has 3 heterocycles. The van der Waals surface area contributed by atoms with E-state index in [0.717, 1.165) is 8.61 Å². The Balaban J connectivity index is 1.75. The standard InChI is InChI=1S/C22H24Cl2N2O8S4/c1-13-3-5-15(23)7-21(13)37(31,32)25-17-9-35(27,28)11-19(17)26(20-12-36(29,30)10-18(20)25)38(33,34)22-8-16(24)6-4-14(22)2/h3-8,17-20H,9-12H2,1-2H3/t17-,18-,19+,20+. The minimum atomic E-state index is -4.49. The molecule has 0 saturated carbocycles. The van der Waals surface area contributed by atoms with Crippen LogP contribution in [0.25, 0.3) is 0 Å². The Hall–Kier alpha value is -1.26. The predicted molar refractivity (Wildman–Crippen MR) is 143 cm³/mol. The molecule has 10 nitrogen and oxygen atoms in total. The van der Waals surface area contributed by atoms with E-state index in [1.165, 1.54) is 50.2 Å². The number of aryl methyl sites for hydroxylation is 2. The first-order chi connectivity index (χ1) is 17.4. The van der Waals surface area contributed by atoms with Gasteiger partial charge in [0, 0.05) is 10.0 Å². The van der Waals surface area contributed by atoms with Crippen LogP contribution in [-0.4, -0.2) is 89.5 Å². The molecule has 0 spiro atoms. The second-order valence-electron chi connectivity index (χ2n) is 9.91. The smallest absolute Gasteiger partial charge is 0.229 e. The van der Waals surface area contributed by atoms with Gasteiger partial charge in [-0.25, -0.2) is 33.7 Å². The summed E-state index contributed by atoms with van der Waals surface area (Å²) >= 11 is 12.2. The molecule has 208 valence electrons. The molecule has 2 aromatic rings. The fourth-order valence-electron chi connectivity index (χ4n) is 5.73. The van der Waals surface area contributed by atoms with Crippen LogP contribution in [0.1, 0.15) is 11.1 Å². The molecule has 0 amide bonds. The number of benzene rings is 2. The maximum Gasteiger partial charge on any atom is 0.244 e. The van der Waals surface area contributed by atoms with Crippen LogP contribution in [0.3, 0.4) is 0 Å². The molecule has 0 N–H and O–H groups in total. The van der Waals surface area contributed by atoms with Gasteiger partial charge in [-0.15, -0.1) is 0 Å². The molecule has 0 aromatic heterocycles. The molecule has 3 fully saturated rings. The lowest BCUT2D eigenvalue weighted by atomic mass is 10.0. The summed E-state index contributed by atoms with van der Waals surface area (Å²) in [6.45, 7) is 3.08. The van der Waals surface area contributed by atoms with Crippen molar-refractivity contribution in [1.29, 1.82) is 0 Å². The zero-order valence-corrected chi connectivity index (χ0v) is 24.9. The van der Waals surface area contributed by atoms with Gasteiger partial charge in [0.1, 0.15) is 0 Å². The summed E-state index contributed by atoms with van der Waals surface area (Å²) in [6, 6.07) is 3.06. The molecule has 16 heteroatoms. The first-order valence-corrected chi connectivity index (χ1v) is 18.7. The lowest BCUT2D eigenvalue weighted by Crippen LogP contribution is -2.70. The van der Waals surface area contributed by atoms with Crippen molar-refractivity contribution in [2.45, 2.75) is 47.8 Å². The summed E-state index contributed by atoms with van der Waals surface area (Å²) < 4.78 is 110. The van der Waals surface area contributed by atoms with Gasteiger partial charge in [-0.05, 0) is 49.2 Å². The third-order valence-electron chi connectivity index (χ3n) is 7.31. The van der Waals surface area contributed by atoms with Crippen LogP contribution < -0.4 is 0 Å².